The molecule has 4 rings (SSSR count). The number of hydrogen-bond acceptors (Lipinski definition) is 6. The second-order valence-corrected chi connectivity index (χ2v) is 15.6. The Kier molecular flexibility index (Phi) is 13.0. The van der Waals surface area contributed by atoms with Gasteiger partial charge in [-0.05, 0) is 60.9 Å². The Hall–Kier alpha value is -4.22. The number of nitrogens with one attached hydrogen (secondary N) is 3. The highest BCUT2D eigenvalue weighted by Gasteiger charge is 2.43. The number of sulfonamides is 1. The Morgan fingerprint density at radius 2 is 1.47 bits per heavy atom. The van der Waals surface area contributed by atoms with Crippen LogP contribution in [0.4, 0.5) is 5.69 Å². The van der Waals surface area contributed by atoms with Crippen LogP contribution in [0.5, 0.6) is 0 Å². The lowest BCUT2D eigenvalue weighted by atomic mass is 9.90. The van der Waals surface area contributed by atoms with Crippen molar-refractivity contribution in [3.63, 3.8) is 0 Å². The Bertz CT molecular complexity index is 1660. The van der Waals surface area contributed by atoms with Gasteiger partial charge in [0.25, 0.3) is 5.91 Å². The van der Waals surface area contributed by atoms with E-state index in [9.17, 15) is 27.9 Å². The van der Waals surface area contributed by atoms with Crippen molar-refractivity contribution < 1.29 is 27.9 Å². The van der Waals surface area contributed by atoms with Gasteiger partial charge in [-0.3, -0.25) is 18.7 Å². The average molecular weight is 691 g/mol. The Morgan fingerprint density at radius 3 is 2.08 bits per heavy atom. The molecule has 1 aliphatic rings. The summed E-state index contributed by atoms with van der Waals surface area (Å²) in [5.41, 5.74) is 1.21. The van der Waals surface area contributed by atoms with Crippen LogP contribution < -0.4 is 20.3 Å². The van der Waals surface area contributed by atoms with Gasteiger partial charge >= 0.3 is 0 Å². The number of aliphatic hydroxyl groups excluding tert-OH is 1. The van der Waals surface area contributed by atoms with Crippen molar-refractivity contribution in [2.75, 3.05) is 11.4 Å². The van der Waals surface area contributed by atoms with E-state index in [2.05, 4.69) is 16.0 Å². The van der Waals surface area contributed by atoms with Gasteiger partial charge < -0.3 is 21.1 Å². The molecule has 0 bridgehead atoms. The topological polar surface area (TPSA) is 145 Å². The van der Waals surface area contributed by atoms with Gasteiger partial charge in [-0.25, -0.2) is 8.42 Å². The minimum Gasteiger partial charge on any atom is -0.391 e. The molecule has 0 unspecified atom stereocenters. The average Bonchev–Trinajstić information content (AvgIpc) is 3.56. The van der Waals surface area contributed by atoms with E-state index >= 15 is 0 Å². The molecule has 0 aromatic heterocycles. The van der Waals surface area contributed by atoms with Crippen molar-refractivity contribution in [2.24, 2.45) is 11.8 Å². The molecule has 10 nitrogen and oxygen atoms in total. The zero-order valence-electron chi connectivity index (χ0n) is 28.9. The third-order valence-corrected chi connectivity index (χ3v) is 10.9. The molecule has 3 amide bonds. The quantitative estimate of drug-likeness (QED) is 0.168. The first-order valence-corrected chi connectivity index (χ1v) is 18.6. The predicted molar refractivity (Wildman–Crippen MR) is 192 cm³/mol. The molecular formula is C38H50N4O6S. The van der Waals surface area contributed by atoms with Gasteiger partial charge in [0.15, 0.2) is 0 Å². The fraction of sp³-hybridized carbons (Fsp3) is 0.447. The summed E-state index contributed by atoms with van der Waals surface area (Å²) in [7, 11) is -2.27. The molecule has 0 saturated heterocycles. The summed E-state index contributed by atoms with van der Waals surface area (Å²) in [6.07, 6.45) is 2.23. The largest absolute Gasteiger partial charge is 0.391 e. The smallest absolute Gasteiger partial charge is 0.251 e. The van der Waals surface area contributed by atoms with Crippen LogP contribution in [0.3, 0.4) is 0 Å². The van der Waals surface area contributed by atoms with E-state index in [1.54, 1.807) is 49.4 Å². The third kappa shape index (κ3) is 10.4. The molecule has 3 atom stereocenters. The fourth-order valence-corrected chi connectivity index (χ4v) is 7.53. The summed E-state index contributed by atoms with van der Waals surface area (Å²) in [4.78, 5) is 40.3. The summed E-state index contributed by atoms with van der Waals surface area (Å²) < 4.78 is 27.4. The minimum absolute atomic E-state index is 0.0751. The highest BCUT2D eigenvalue weighted by Crippen LogP contribution is 2.31. The summed E-state index contributed by atoms with van der Waals surface area (Å²) in [5, 5.41) is 20.3. The Labute approximate surface area is 290 Å². The number of benzene rings is 3. The standard InChI is InChI=1S/C38H50N4O6S/c1-27(2)22-33(40-36(45)31-18-13-19-32(24-31)42(4)49(47,48)26-30-16-9-6-10-17-30)34(43)23-28(3)35(44)41-38(20-11-12-21-38)37(46)39-25-29-14-7-5-8-15-29/h5-10,13-19,24,27-28,33-34,43H,11-12,20-23,25-26H2,1-4H3,(H,39,46)(H,40,45)(H,41,44)/t28-,33+,34+/m1/s1. The van der Waals surface area contributed by atoms with Gasteiger partial charge in [0.05, 0.1) is 23.6 Å². The molecule has 0 spiro atoms. The van der Waals surface area contributed by atoms with Crippen LogP contribution in [-0.4, -0.2) is 56.0 Å². The van der Waals surface area contributed by atoms with Crippen molar-refractivity contribution >= 4 is 33.4 Å². The van der Waals surface area contributed by atoms with Crippen molar-refractivity contribution in [3.8, 4) is 0 Å². The van der Waals surface area contributed by atoms with E-state index < -0.39 is 39.5 Å². The van der Waals surface area contributed by atoms with E-state index in [0.29, 0.717) is 37.1 Å². The van der Waals surface area contributed by atoms with E-state index in [4.69, 9.17) is 0 Å². The van der Waals surface area contributed by atoms with E-state index in [1.807, 2.05) is 50.2 Å². The summed E-state index contributed by atoms with van der Waals surface area (Å²) in [5.74, 6) is -1.68. The van der Waals surface area contributed by atoms with Crippen LogP contribution in [0, 0.1) is 11.8 Å². The summed E-state index contributed by atoms with van der Waals surface area (Å²) >= 11 is 0. The molecule has 264 valence electrons. The number of hydrogen-bond donors (Lipinski definition) is 4. The van der Waals surface area contributed by atoms with Crippen molar-refractivity contribution in [1.29, 1.82) is 0 Å². The lowest BCUT2D eigenvalue weighted by molar-refractivity contribution is -0.135. The minimum atomic E-state index is -3.72. The molecule has 0 radical (unpaired) electrons. The van der Waals surface area contributed by atoms with Crippen LogP contribution >= 0.6 is 0 Å². The van der Waals surface area contributed by atoms with Crippen LogP contribution in [0.25, 0.3) is 0 Å². The molecule has 3 aromatic carbocycles. The molecule has 0 heterocycles. The molecule has 1 aliphatic carbocycles. The second-order valence-electron chi connectivity index (χ2n) is 13.6. The van der Waals surface area contributed by atoms with E-state index in [1.165, 1.54) is 13.1 Å². The summed E-state index contributed by atoms with van der Waals surface area (Å²) in [6, 6.07) is 24.2. The van der Waals surface area contributed by atoms with Gasteiger partial charge in [0, 0.05) is 25.1 Å². The number of rotatable bonds is 16. The Morgan fingerprint density at radius 1 is 0.857 bits per heavy atom. The highest BCUT2D eigenvalue weighted by molar-refractivity contribution is 7.92. The van der Waals surface area contributed by atoms with Crippen molar-refractivity contribution in [1.82, 2.24) is 16.0 Å². The first-order chi connectivity index (χ1) is 23.3. The predicted octanol–water partition coefficient (Wildman–Crippen LogP) is 4.93. The number of carbonyl (C=O) groups is 3. The molecule has 0 aliphatic heterocycles. The van der Waals surface area contributed by atoms with Crippen molar-refractivity contribution in [2.45, 2.75) is 89.3 Å². The van der Waals surface area contributed by atoms with Crippen LogP contribution in [0.15, 0.2) is 84.9 Å². The van der Waals surface area contributed by atoms with Crippen LogP contribution in [0.2, 0.25) is 0 Å². The lowest BCUT2D eigenvalue weighted by Gasteiger charge is -2.32. The number of amides is 3. The lowest BCUT2D eigenvalue weighted by Crippen LogP contribution is -2.58. The third-order valence-electron chi connectivity index (χ3n) is 9.18. The number of aliphatic hydroxyl groups is 1. The van der Waals surface area contributed by atoms with Gasteiger partial charge in [-0.15, -0.1) is 0 Å². The molecular weight excluding hydrogens is 641 g/mol. The number of nitrogens with zero attached hydrogens (tertiary/aromatic N) is 1. The maximum Gasteiger partial charge on any atom is 0.251 e. The Balaban J connectivity index is 1.39. The second kappa shape index (κ2) is 16.9. The first kappa shape index (κ1) is 37.6. The number of carbonyl (C=O) groups excluding carboxylic acids is 3. The summed E-state index contributed by atoms with van der Waals surface area (Å²) in [6.45, 7) is 6.04. The maximum atomic E-state index is 13.5. The normalized spacial score (nSPS) is 16.0. The van der Waals surface area contributed by atoms with E-state index in [-0.39, 0.29) is 35.5 Å². The SMILES string of the molecule is CC(C)C[C@H](NC(=O)c1cccc(N(C)S(=O)(=O)Cc2ccccc2)c1)[C@@H](O)C[C@@H](C)C(=O)NC1(C(=O)NCc2ccccc2)CCCC1. The van der Waals surface area contributed by atoms with Crippen molar-refractivity contribution in [3.05, 3.63) is 102 Å². The van der Waals surface area contributed by atoms with Gasteiger partial charge in [0.1, 0.15) is 5.54 Å². The van der Waals surface area contributed by atoms with Crippen LogP contribution in [-0.2, 0) is 31.9 Å². The molecule has 3 aromatic rings. The zero-order chi connectivity index (χ0) is 35.6. The molecule has 1 saturated carbocycles. The fourth-order valence-electron chi connectivity index (χ4n) is 6.28. The number of anilines is 1. The van der Waals surface area contributed by atoms with Gasteiger partial charge in [-0.1, -0.05) is 100 Å². The molecule has 11 heteroatoms. The van der Waals surface area contributed by atoms with Crippen LogP contribution in [0.1, 0.15) is 80.8 Å². The van der Waals surface area contributed by atoms with Gasteiger partial charge in [0.2, 0.25) is 21.8 Å². The van der Waals surface area contributed by atoms with E-state index in [0.717, 1.165) is 22.7 Å². The van der Waals surface area contributed by atoms with Gasteiger partial charge in [-0.2, -0.15) is 0 Å². The highest BCUT2D eigenvalue weighted by atomic mass is 32.2. The maximum absolute atomic E-state index is 13.5. The zero-order valence-corrected chi connectivity index (χ0v) is 29.7. The molecule has 4 N–H and O–H groups in total. The first-order valence-electron chi connectivity index (χ1n) is 17.0. The molecule has 1 fully saturated rings. The monoisotopic (exact) mass is 690 g/mol. The molecule has 49 heavy (non-hydrogen) atoms.